The first-order valence-electron chi connectivity index (χ1n) is 3.46. The average molecular weight is 217 g/mol. The van der Waals surface area contributed by atoms with Gasteiger partial charge in [-0.15, -0.1) is 11.6 Å². The molecular formula is C6H13ClO2S2. The smallest absolute Gasteiger partial charge is 0.156 e. The Morgan fingerprint density at radius 2 is 2.36 bits per heavy atom. The zero-order valence-electron chi connectivity index (χ0n) is 6.55. The second-order valence-corrected chi connectivity index (χ2v) is 4.74. The lowest BCUT2D eigenvalue weighted by Gasteiger charge is -1.99. The minimum atomic E-state index is -1.17. The maximum Gasteiger partial charge on any atom is 0.156 e. The summed E-state index contributed by atoms with van der Waals surface area (Å²) in [7, 11) is 0. The Kier molecular flexibility index (Phi) is 9.45. The number of hydrogen-bond acceptors (Lipinski definition) is 3. The van der Waals surface area contributed by atoms with Crippen LogP contribution in [0.2, 0.25) is 0 Å². The van der Waals surface area contributed by atoms with E-state index in [9.17, 15) is 4.21 Å². The van der Waals surface area contributed by atoms with Gasteiger partial charge in [0, 0.05) is 11.6 Å². The van der Waals surface area contributed by atoms with Gasteiger partial charge in [-0.2, -0.15) is 11.8 Å². The van der Waals surface area contributed by atoms with Crippen molar-refractivity contribution in [2.24, 2.45) is 0 Å². The zero-order chi connectivity index (χ0) is 8.53. The van der Waals surface area contributed by atoms with Crippen LogP contribution in [0.25, 0.3) is 0 Å². The highest BCUT2D eigenvalue weighted by Gasteiger charge is 1.97. The second kappa shape index (κ2) is 8.84. The van der Waals surface area contributed by atoms with Gasteiger partial charge in [-0.25, -0.2) is 4.21 Å². The van der Waals surface area contributed by atoms with E-state index in [0.29, 0.717) is 18.2 Å². The summed E-state index contributed by atoms with van der Waals surface area (Å²) in [5.41, 5.74) is 0. The Hall–Kier alpha value is 0.750. The lowest BCUT2D eigenvalue weighted by molar-refractivity contribution is 0.376. The van der Waals surface area contributed by atoms with Gasteiger partial charge < -0.3 is 0 Å². The first-order chi connectivity index (χ1) is 5.31. The van der Waals surface area contributed by atoms with Gasteiger partial charge in [0.2, 0.25) is 0 Å². The van der Waals surface area contributed by atoms with E-state index in [4.69, 9.17) is 15.8 Å². The summed E-state index contributed by atoms with van der Waals surface area (Å²) >= 11 is 5.97. The molecule has 0 bridgehead atoms. The summed E-state index contributed by atoms with van der Waals surface area (Å²) in [6.45, 7) is 2.64. The van der Waals surface area contributed by atoms with Crippen LogP contribution in [0.5, 0.6) is 0 Å². The summed E-state index contributed by atoms with van der Waals surface area (Å²) < 4.78 is 15.8. The van der Waals surface area contributed by atoms with Crippen molar-refractivity contribution in [2.75, 3.05) is 29.7 Å². The Morgan fingerprint density at radius 3 is 2.91 bits per heavy atom. The van der Waals surface area contributed by atoms with Gasteiger partial charge in [-0.05, 0) is 5.75 Å². The normalized spacial score (nSPS) is 13.3. The van der Waals surface area contributed by atoms with Gasteiger partial charge in [-0.1, -0.05) is 6.92 Å². The molecule has 0 aliphatic heterocycles. The van der Waals surface area contributed by atoms with E-state index in [0.717, 1.165) is 11.5 Å². The highest BCUT2D eigenvalue weighted by atomic mass is 35.5. The second-order valence-electron chi connectivity index (χ2n) is 1.72. The van der Waals surface area contributed by atoms with Gasteiger partial charge >= 0.3 is 0 Å². The number of alkyl halides is 1. The molecule has 1 unspecified atom stereocenters. The molecule has 11 heavy (non-hydrogen) atoms. The minimum Gasteiger partial charge on any atom is -0.290 e. The third kappa shape index (κ3) is 8.66. The van der Waals surface area contributed by atoms with E-state index in [2.05, 4.69) is 6.92 Å². The molecule has 0 spiro atoms. The van der Waals surface area contributed by atoms with Crippen LogP contribution < -0.4 is 0 Å². The fourth-order valence-corrected chi connectivity index (χ4v) is 1.94. The quantitative estimate of drug-likeness (QED) is 0.478. The first kappa shape index (κ1) is 11.8. The molecule has 0 N–H and O–H groups in total. The standard InChI is InChI=1S/C6H13ClO2S2/c1-2-10-5-4-9-11(8)6-3-7/h2-6H2,1H3. The van der Waals surface area contributed by atoms with Gasteiger partial charge in [0.05, 0.1) is 12.4 Å². The van der Waals surface area contributed by atoms with Gasteiger partial charge in [0.15, 0.2) is 11.1 Å². The van der Waals surface area contributed by atoms with Crippen molar-refractivity contribution < 1.29 is 8.39 Å². The van der Waals surface area contributed by atoms with Crippen molar-refractivity contribution in [3.63, 3.8) is 0 Å². The van der Waals surface area contributed by atoms with Crippen molar-refractivity contribution in [3.05, 3.63) is 0 Å². The topological polar surface area (TPSA) is 26.3 Å². The van der Waals surface area contributed by atoms with Crippen molar-refractivity contribution in [2.45, 2.75) is 6.92 Å². The van der Waals surface area contributed by atoms with Crippen molar-refractivity contribution in [1.29, 1.82) is 0 Å². The fraction of sp³-hybridized carbons (Fsp3) is 1.00. The van der Waals surface area contributed by atoms with E-state index < -0.39 is 11.1 Å². The average Bonchev–Trinajstić information content (AvgIpc) is 1.99. The molecule has 5 heteroatoms. The van der Waals surface area contributed by atoms with E-state index in [-0.39, 0.29) is 0 Å². The number of rotatable bonds is 7. The van der Waals surface area contributed by atoms with Gasteiger partial charge in [0.1, 0.15) is 0 Å². The lowest BCUT2D eigenvalue weighted by Crippen LogP contribution is -2.06. The van der Waals surface area contributed by atoms with Gasteiger partial charge in [-0.3, -0.25) is 4.18 Å². The number of halogens is 1. The van der Waals surface area contributed by atoms with Crippen LogP contribution in [-0.2, 0) is 15.3 Å². The van der Waals surface area contributed by atoms with Crippen LogP contribution in [0.15, 0.2) is 0 Å². The van der Waals surface area contributed by atoms with Crippen LogP contribution in [0.1, 0.15) is 6.92 Å². The lowest BCUT2D eigenvalue weighted by atomic mass is 10.9. The molecule has 0 saturated carbocycles. The highest BCUT2D eigenvalue weighted by Crippen LogP contribution is 1.98. The molecule has 1 atom stereocenters. The van der Waals surface area contributed by atoms with Crippen LogP contribution in [0.3, 0.4) is 0 Å². The van der Waals surface area contributed by atoms with E-state index in [1.54, 1.807) is 11.8 Å². The molecule has 0 aliphatic carbocycles. The maximum atomic E-state index is 10.8. The third-order valence-electron chi connectivity index (χ3n) is 0.890. The van der Waals surface area contributed by atoms with Gasteiger partial charge in [0.25, 0.3) is 0 Å². The summed E-state index contributed by atoms with van der Waals surface area (Å²) in [4.78, 5) is 0. The molecule has 0 amide bonds. The number of hydrogen-bond donors (Lipinski definition) is 0. The molecule has 0 heterocycles. The summed E-state index contributed by atoms with van der Waals surface area (Å²) in [6.07, 6.45) is 0. The molecule has 0 fully saturated rings. The van der Waals surface area contributed by atoms with Crippen molar-refractivity contribution in [3.8, 4) is 0 Å². The molecule has 68 valence electrons. The Morgan fingerprint density at radius 1 is 1.64 bits per heavy atom. The number of thioether (sulfide) groups is 1. The molecular weight excluding hydrogens is 204 g/mol. The third-order valence-corrected chi connectivity index (χ3v) is 3.13. The minimum absolute atomic E-state index is 0.396. The Labute approximate surface area is 79.7 Å². The monoisotopic (exact) mass is 216 g/mol. The SMILES string of the molecule is CCSCCOS(=O)CCCl. The van der Waals surface area contributed by atoms with Crippen molar-refractivity contribution in [1.82, 2.24) is 0 Å². The Balaban J connectivity index is 3.04. The molecule has 0 aromatic carbocycles. The molecule has 2 nitrogen and oxygen atoms in total. The van der Waals surface area contributed by atoms with Crippen LogP contribution in [-0.4, -0.2) is 34.0 Å². The Bertz CT molecular complexity index is 111. The summed E-state index contributed by atoms with van der Waals surface area (Å²) in [5, 5.41) is 0. The molecule has 0 rings (SSSR count). The first-order valence-corrected chi connectivity index (χ1v) is 6.40. The maximum absolute atomic E-state index is 10.8. The molecule has 0 aromatic heterocycles. The summed E-state index contributed by atoms with van der Waals surface area (Å²) in [5.74, 6) is 2.81. The van der Waals surface area contributed by atoms with E-state index >= 15 is 0 Å². The molecule has 0 aliphatic rings. The van der Waals surface area contributed by atoms with Crippen LogP contribution in [0.4, 0.5) is 0 Å². The largest absolute Gasteiger partial charge is 0.290 e. The van der Waals surface area contributed by atoms with E-state index in [1.807, 2.05) is 0 Å². The fourth-order valence-electron chi connectivity index (χ4n) is 0.452. The molecule has 0 saturated heterocycles. The summed E-state index contributed by atoms with van der Waals surface area (Å²) in [6, 6.07) is 0. The van der Waals surface area contributed by atoms with Crippen LogP contribution >= 0.6 is 23.4 Å². The van der Waals surface area contributed by atoms with Crippen molar-refractivity contribution >= 4 is 34.4 Å². The zero-order valence-corrected chi connectivity index (χ0v) is 8.94. The predicted octanol–water partition coefficient (Wildman–Crippen LogP) is 1.66. The highest BCUT2D eigenvalue weighted by molar-refractivity contribution is 7.99. The predicted molar refractivity (Wildman–Crippen MR) is 52.7 cm³/mol. The molecule has 0 radical (unpaired) electrons. The van der Waals surface area contributed by atoms with E-state index in [1.165, 1.54) is 0 Å². The molecule has 0 aromatic rings. The van der Waals surface area contributed by atoms with Crippen LogP contribution in [0, 0.1) is 0 Å².